The SMILES string of the molecule is CCCCCCCCCCCCCCCCCCc1cccc2c1C(C)(C)C(=CC=CC(C)C(C)(C)CCCCCCCCCCCCCCC)N2. The largest absolute Gasteiger partial charge is 0.358 e. The number of benzene rings is 1. The van der Waals surface area contributed by atoms with E-state index in [1.54, 1.807) is 5.56 Å². The van der Waals surface area contributed by atoms with E-state index in [9.17, 15) is 0 Å². The molecule has 300 valence electrons. The quantitative estimate of drug-likeness (QED) is 0.0700. The van der Waals surface area contributed by atoms with E-state index in [0.717, 1.165) is 0 Å². The summed E-state index contributed by atoms with van der Waals surface area (Å²) in [6.45, 7) is 16.8. The number of anilines is 1. The summed E-state index contributed by atoms with van der Waals surface area (Å²) in [6.07, 6.45) is 51.2. The van der Waals surface area contributed by atoms with Gasteiger partial charge < -0.3 is 5.32 Å². The first-order chi connectivity index (χ1) is 25.2. The van der Waals surface area contributed by atoms with Gasteiger partial charge in [0.2, 0.25) is 0 Å². The summed E-state index contributed by atoms with van der Waals surface area (Å²) in [5.41, 5.74) is 6.13. The molecule has 1 N–H and O–H groups in total. The number of unbranched alkanes of at least 4 members (excludes halogenated alkanes) is 27. The number of nitrogens with one attached hydrogen (secondary N) is 1. The molecule has 0 bridgehead atoms. The fourth-order valence-electron chi connectivity index (χ4n) is 8.61. The minimum Gasteiger partial charge on any atom is -0.358 e. The molecule has 0 amide bonds. The molecule has 0 aliphatic carbocycles. The number of hydrogen-bond donors (Lipinski definition) is 1. The maximum absolute atomic E-state index is 3.82. The third-order valence-electron chi connectivity index (χ3n) is 12.8. The van der Waals surface area contributed by atoms with E-state index < -0.39 is 0 Å². The van der Waals surface area contributed by atoms with Crippen LogP contribution in [0.25, 0.3) is 0 Å². The van der Waals surface area contributed by atoms with Crippen LogP contribution in [0.2, 0.25) is 0 Å². The molecule has 0 saturated heterocycles. The van der Waals surface area contributed by atoms with E-state index >= 15 is 0 Å². The van der Waals surface area contributed by atoms with Gasteiger partial charge in [-0.25, -0.2) is 0 Å². The van der Waals surface area contributed by atoms with Crippen molar-refractivity contribution in [3.8, 4) is 0 Å². The van der Waals surface area contributed by atoms with Crippen LogP contribution in [0, 0.1) is 11.3 Å². The van der Waals surface area contributed by atoms with Crippen LogP contribution in [0.4, 0.5) is 5.69 Å². The summed E-state index contributed by atoms with van der Waals surface area (Å²) in [7, 11) is 0. The van der Waals surface area contributed by atoms with Gasteiger partial charge in [-0.05, 0) is 53.9 Å². The second-order valence-corrected chi connectivity index (χ2v) is 18.4. The van der Waals surface area contributed by atoms with E-state index in [2.05, 4.69) is 90.2 Å². The lowest BCUT2D eigenvalue weighted by Gasteiger charge is -2.30. The molecule has 0 fully saturated rings. The Balaban J connectivity index is 1.62. The van der Waals surface area contributed by atoms with E-state index in [1.807, 2.05) is 0 Å². The lowest BCUT2D eigenvalue weighted by molar-refractivity contribution is 0.244. The molecular weight excluding hydrogens is 627 g/mol. The Kier molecular flexibility index (Phi) is 25.9. The maximum atomic E-state index is 3.82. The third kappa shape index (κ3) is 19.7. The highest BCUT2D eigenvalue weighted by Gasteiger charge is 2.36. The molecular formula is C51H91N. The van der Waals surface area contributed by atoms with Gasteiger partial charge in [-0.3, -0.25) is 0 Å². The summed E-state index contributed by atoms with van der Waals surface area (Å²) in [6, 6.07) is 6.96. The molecule has 1 atom stereocenters. The van der Waals surface area contributed by atoms with Crippen LogP contribution >= 0.6 is 0 Å². The molecule has 1 aromatic rings. The zero-order chi connectivity index (χ0) is 37.8. The van der Waals surface area contributed by atoms with Crippen molar-refractivity contribution >= 4 is 5.69 Å². The molecule has 52 heavy (non-hydrogen) atoms. The summed E-state index contributed by atoms with van der Waals surface area (Å²) in [5, 5.41) is 3.82. The molecule has 1 unspecified atom stereocenters. The van der Waals surface area contributed by atoms with Crippen LogP contribution in [0.1, 0.15) is 252 Å². The minimum atomic E-state index is 0.0265. The van der Waals surface area contributed by atoms with Crippen LogP contribution in [-0.2, 0) is 11.8 Å². The van der Waals surface area contributed by atoms with Crippen molar-refractivity contribution < 1.29 is 0 Å². The molecule has 0 aromatic heterocycles. The Hall–Kier alpha value is -1.50. The van der Waals surface area contributed by atoms with Crippen LogP contribution in [0.3, 0.4) is 0 Å². The normalized spacial score (nSPS) is 15.5. The lowest BCUT2D eigenvalue weighted by Crippen LogP contribution is -2.20. The summed E-state index contributed by atoms with van der Waals surface area (Å²) < 4.78 is 0. The van der Waals surface area contributed by atoms with Crippen LogP contribution in [0.5, 0.6) is 0 Å². The predicted molar refractivity (Wildman–Crippen MR) is 237 cm³/mol. The Bertz CT molecular complexity index is 1060. The van der Waals surface area contributed by atoms with Crippen molar-refractivity contribution in [3.63, 3.8) is 0 Å². The summed E-state index contributed by atoms with van der Waals surface area (Å²) in [4.78, 5) is 0. The van der Waals surface area contributed by atoms with Crippen LogP contribution < -0.4 is 5.32 Å². The molecule has 1 aliphatic heterocycles. The van der Waals surface area contributed by atoms with Gasteiger partial charge in [0.1, 0.15) is 0 Å². The second kappa shape index (κ2) is 28.9. The van der Waals surface area contributed by atoms with E-state index in [0.29, 0.717) is 11.3 Å². The van der Waals surface area contributed by atoms with E-state index in [1.165, 1.54) is 216 Å². The Morgan fingerprint density at radius 1 is 0.577 bits per heavy atom. The average molecular weight is 718 g/mol. The highest BCUT2D eigenvalue weighted by molar-refractivity contribution is 5.70. The van der Waals surface area contributed by atoms with Crippen LogP contribution in [-0.4, -0.2) is 0 Å². The first kappa shape index (κ1) is 46.7. The lowest BCUT2D eigenvalue weighted by atomic mass is 9.75. The summed E-state index contributed by atoms with van der Waals surface area (Å²) >= 11 is 0. The number of rotatable bonds is 34. The molecule has 0 radical (unpaired) electrons. The Morgan fingerprint density at radius 2 is 0.981 bits per heavy atom. The van der Waals surface area contributed by atoms with E-state index in [-0.39, 0.29) is 5.41 Å². The molecule has 1 nitrogen and oxygen atoms in total. The molecule has 0 saturated carbocycles. The van der Waals surface area contributed by atoms with Crippen molar-refractivity contribution in [2.24, 2.45) is 11.3 Å². The van der Waals surface area contributed by atoms with Gasteiger partial charge in [0.15, 0.2) is 0 Å². The van der Waals surface area contributed by atoms with Gasteiger partial charge >= 0.3 is 0 Å². The van der Waals surface area contributed by atoms with Crippen molar-refractivity contribution in [1.29, 1.82) is 0 Å². The number of allylic oxidation sites excluding steroid dienone is 4. The van der Waals surface area contributed by atoms with Crippen LogP contribution in [0.15, 0.2) is 42.1 Å². The fourth-order valence-corrected chi connectivity index (χ4v) is 8.61. The van der Waals surface area contributed by atoms with Crippen molar-refractivity contribution in [1.82, 2.24) is 0 Å². The summed E-state index contributed by atoms with van der Waals surface area (Å²) in [5.74, 6) is 0.569. The van der Waals surface area contributed by atoms with Crippen molar-refractivity contribution in [2.45, 2.75) is 253 Å². The van der Waals surface area contributed by atoms with Gasteiger partial charge in [0.25, 0.3) is 0 Å². The van der Waals surface area contributed by atoms with Crippen molar-refractivity contribution in [2.75, 3.05) is 5.32 Å². The number of hydrogen-bond acceptors (Lipinski definition) is 1. The Labute approximate surface area is 327 Å². The molecule has 1 heterocycles. The standard InChI is InChI=1S/C51H91N/c1-8-10-12-14-16-18-20-22-23-24-25-27-29-31-33-35-40-46-41-38-42-47-49(46)51(6,7)48(52-47)43-37-39-45(3)50(4,5)44-36-34-32-30-28-26-21-19-17-15-13-11-9-2/h37-39,41-43,45,52H,8-36,40,44H2,1-7H3. The average Bonchev–Trinajstić information content (AvgIpc) is 3.39. The maximum Gasteiger partial charge on any atom is 0.0426 e. The topological polar surface area (TPSA) is 12.0 Å². The molecule has 1 aliphatic rings. The molecule has 0 spiro atoms. The number of aryl methyl sites for hydroxylation is 1. The van der Waals surface area contributed by atoms with Gasteiger partial charge in [-0.1, -0.05) is 253 Å². The second-order valence-electron chi connectivity index (χ2n) is 18.4. The zero-order valence-electron chi connectivity index (χ0n) is 36.5. The van der Waals surface area contributed by atoms with Crippen molar-refractivity contribution in [3.05, 3.63) is 53.3 Å². The molecule has 2 rings (SSSR count). The highest BCUT2D eigenvalue weighted by Crippen LogP contribution is 2.45. The van der Waals surface area contributed by atoms with Gasteiger partial charge in [-0.2, -0.15) is 0 Å². The Morgan fingerprint density at radius 3 is 1.42 bits per heavy atom. The minimum absolute atomic E-state index is 0.0265. The van der Waals surface area contributed by atoms with Gasteiger partial charge in [-0.15, -0.1) is 0 Å². The van der Waals surface area contributed by atoms with Gasteiger partial charge in [0.05, 0.1) is 0 Å². The monoisotopic (exact) mass is 718 g/mol. The molecule has 1 heteroatoms. The first-order valence-corrected chi connectivity index (χ1v) is 23.5. The van der Waals surface area contributed by atoms with Gasteiger partial charge in [0, 0.05) is 16.8 Å². The number of fused-ring (bicyclic) bond motifs is 1. The highest BCUT2D eigenvalue weighted by atomic mass is 15.0. The predicted octanol–water partition coefficient (Wildman–Crippen LogP) is 17.8. The smallest absolute Gasteiger partial charge is 0.0426 e. The fraction of sp³-hybridized carbons (Fsp3) is 0.804. The third-order valence-corrected chi connectivity index (χ3v) is 12.8. The molecule has 1 aromatic carbocycles. The first-order valence-electron chi connectivity index (χ1n) is 23.5. The zero-order valence-corrected chi connectivity index (χ0v) is 36.5. The van der Waals surface area contributed by atoms with E-state index in [4.69, 9.17) is 0 Å².